The van der Waals surface area contributed by atoms with E-state index in [4.69, 9.17) is 0 Å². The van der Waals surface area contributed by atoms with Gasteiger partial charge < -0.3 is 10.6 Å². The van der Waals surface area contributed by atoms with E-state index >= 15 is 0 Å². The number of rotatable bonds is 4. The van der Waals surface area contributed by atoms with Crippen LogP contribution in [0.3, 0.4) is 0 Å². The van der Waals surface area contributed by atoms with Gasteiger partial charge in [0.1, 0.15) is 0 Å². The van der Waals surface area contributed by atoms with Crippen molar-refractivity contribution in [2.24, 2.45) is 0 Å². The minimum absolute atomic E-state index is 0.252. The van der Waals surface area contributed by atoms with Crippen molar-refractivity contribution in [3.05, 3.63) is 46.0 Å². The molecular weight excluding hydrogens is 401 g/mol. The van der Waals surface area contributed by atoms with Gasteiger partial charge >= 0.3 is 60.8 Å². The van der Waals surface area contributed by atoms with Crippen molar-refractivity contribution in [3.63, 3.8) is 0 Å². The Morgan fingerprint density at radius 1 is 0.870 bits per heavy atom. The Morgan fingerprint density at radius 2 is 1.30 bits per heavy atom. The van der Waals surface area contributed by atoms with Crippen LogP contribution in [0.25, 0.3) is 22.8 Å². The molecule has 0 aromatic heterocycles. The molecule has 2 nitrogen and oxygen atoms in total. The molecule has 0 saturated heterocycles. The van der Waals surface area contributed by atoms with Crippen molar-refractivity contribution in [3.8, 4) is 0 Å². The molecule has 0 atom stereocenters. The fraction of sp³-hybridized carbons (Fsp3) is 0.444. The summed E-state index contributed by atoms with van der Waals surface area (Å²) in [5.41, 5.74) is 4.51. The van der Waals surface area contributed by atoms with E-state index in [2.05, 4.69) is 47.1 Å². The van der Waals surface area contributed by atoms with E-state index in [-0.39, 0.29) is 8.87 Å². The summed E-state index contributed by atoms with van der Waals surface area (Å²) in [4.78, 5) is 0. The van der Waals surface area contributed by atoms with Crippen LogP contribution < -0.4 is 0 Å². The van der Waals surface area contributed by atoms with Gasteiger partial charge in [-0.2, -0.15) is 0 Å². The van der Waals surface area contributed by atoms with Crippen LogP contribution in [0.1, 0.15) is 37.8 Å². The van der Waals surface area contributed by atoms with Crippen molar-refractivity contribution in [2.75, 3.05) is 13.1 Å². The third-order valence-electron chi connectivity index (χ3n) is 3.75. The minimum atomic E-state index is -4.37. The number of nitrogens with zero attached hydrogens (tertiary/aromatic N) is 2. The van der Waals surface area contributed by atoms with Crippen molar-refractivity contribution < 1.29 is 5.73 Å². The van der Waals surface area contributed by atoms with Crippen molar-refractivity contribution >= 4 is 43.0 Å². The molecule has 3 rings (SSSR count). The van der Waals surface area contributed by atoms with E-state index in [1.807, 2.05) is 13.8 Å². The SMILES string of the molecule is C1=Cc2ccc3c(c2[N-]C1)[N-]CC=C3.CC[CH2][Sn]([F])([F])[CH2]CC. The molecule has 0 spiro atoms. The molecule has 2 aliphatic heterocycles. The van der Waals surface area contributed by atoms with Gasteiger partial charge in [0.05, 0.1) is 0 Å². The summed E-state index contributed by atoms with van der Waals surface area (Å²) in [6.45, 7) is 5.23. The van der Waals surface area contributed by atoms with E-state index in [1.54, 1.807) is 0 Å². The third kappa shape index (κ3) is 5.23. The zero-order valence-corrected chi connectivity index (χ0v) is 16.7. The summed E-state index contributed by atoms with van der Waals surface area (Å²) in [7, 11) is 0. The van der Waals surface area contributed by atoms with E-state index < -0.39 is 19.5 Å². The molecule has 0 unspecified atom stereocenters. The molecule has 2 heterocycles. The summed E-state index contributed by atoms with van der Waals surface area (Å²) < 4.78 is 25.8. The first-order valence-corrected chi connectivity index (χ1v) is 14.5. The third-order valence-corrected chi connectivity index (χ3v) is 10.8. The molecule has 5 heteroatoms. The van der Waals surface area contributed by atoms with Gasteiger partial charge in [0, 0.05) is 0 Å². The summed E-state index contributed by atoms with van der Waals surface area (Å²) in [6.07, 6.45) is 9.74. The molecular formula is C18H24F2N2Sn-2. The zero-order valence-electron chi connectivity index (χ0n) is 13.9. The average molecular weight is 425 g/mol. The molecule has 0 N–H and O–H groups in total. The normalized spacial score (nSPS) is 14.8. The first-order valence-electron chi connectivity index (χ1n) is 8.30. The maximum absolute atomic E-state index is 12.6. The Bertz CT molecular complexity index is 534. The number of benzene rings is 1. The van der Waals surface area contributed by atoms with Gasteiger partial charge in [-0.15, -0.1) is 36.6 Å². The van der Waals surface area contributed by atoms with Crippen LogP contribution in [0.5, 0.6) is 0 Å². The molecule has 0 fully saturated rings. The van der Waals surface area contributed by atoms with Crippen molar-refractivity contribution in [1.82, 2.24) is 0 Å². The van der Waals surface area contributed by atoms with Gasteiger partial charge in [0.2, 0.25) is 0 Å². The van der Waals surface area contributed by atoms with Gasteiger partial charge in [-0.25, -0.2) is 0 Å². The number of halogens is 2. The molecule has 0 aliphatic carbocycles. The van der Waals surface area contributed by atoms with Gasteiger partial charge in [-0.05, 0) is 11.1 Å². The Labute approximate surface area is 143 Å². The van der Waals surface area contributed by atoms with Gasteiger partial charge in [-0.1, -0.05) is 24.3 Å². The van der Waals surface area contributed by atoms with Gasteiger partial charge in [-0.3, -0.25) is 0 Å². The van der Waals surface area contributed by atoms with Crippen LogP contribution in [0.15, 0.2) is 24.3 Å². The van der Waals surface area contributed by atoms with Crippen molar-refractivity contribution in [2.45, 2.75) is 35.6 Å². The number of hydrogen-bond acceptors (Lipinski definition) is 0. The van der Waals surface area contributed by atoms with Crippen LogP contribution in [0.4, 0.5) is 17.1 Å². The maximum atomic E-state index is 12.6. The summed E-state index contributed by atoms with van der Waals surface area (Å²) in [6, 6.07) is 4.22. The topological polar surface area (TPSA) is 28.2 Å². The first-order chi connectivity index (χ1) is 11.1. The fourth-order valence-electron chi connectivity index (χ4n) is 2.72. The quantitative estimate of drug-likeness (QED) is 0.468. The summed E-state index contributed by atoms with van der Waals surface area (Å²) in [5, 5.41) is 8.98. The Morgan fingerprint density at radius 3 is 1.70 bits per heavy atom. The molecule has 23 heavy (non-hydrogen) atoms. The predicted octanol–water partition coefficient (Wildman–Crippen LogP) is 6.94. The predicted molar refractivity (Wildman–Crippen MR) is 98.4 cm³/mol. The van der Waals surface area contributed by atoms with Crippen LogP contribution in [-0.2, 0) is 0 Å². The van der Waals surface area contributed by atoms with Crippen LogP contribution >= 0.6 is 0 Å². The summed E-state index contributed by atoms with van der Waals surface area (Å²) >= 11 is -4.37. The van der Waals surface area contributed by atoms with E-state index in [1.165, 1.54) is 11.1 Å². The standard InChI is InChI=1S/C12H10N2.2C3H7.2FH.Sn/c1-3-9-5-6-10-4-2-8-14-12(10)11(9)13-7-1;2*1-3-2;;;/h1-6H,7-8H2;2*1,3H2,2H3;2*1H;/q-2;;;;;+2/p-2. The van der Waals surface area contributed by atoms with Crippen LogP contribution in [0.2, 0.25) is 8.87 Å². The first kappa shape index (κ1) is 18.3. The van der Waals surface area contributed by atoms with E-state index in [0.29, 0.717) is 12.8 Å². The fourth-order valence-corrected chi connectivity index (χ4v) is 7.61. The molecule has 0 radical (unpaired) electrons. The van der Waals surface area contributed by atoms with Gasteiger partial charge in [0.15, 0.2) is 0 Å². The molecule has 0 bridgehead atoms. The van der Waals surface area contributed by atoms with Crippen LogP contribution in [0, 0.1) is 0 Å². The average Bonchev–Trinajstić information content (AvgIpc) is 2.55. The van der Waals surface area contributed by atoms with Crippen molar-refractivity contribution in [1.29, 1.82) is 0 Å². The summed E-state index contributed by atoms with van der Waals surface area (Å²) in [5.74, 6) is 0. The van der Waals surface area contributed by atoms with E-state index in [0.717, 1.165) is 24.5 Å². The second kappa shape index (κ2) is 8.71. The zero-order chi connectivity index (χ0) is 16.7. The Balaban J connectivity index is 0.000000188. The Kier molecular flexibility index (Phi) is 6.93. The monoisotopic (exact) mass is 426 g/mol. The molecule has 126 valence electrons. The molecule has 2 aliphatic rings. The number of hydrogen-bond donors (Lipinski definition) is 0. The van der Waals surface area contributed by atoms with E-state index in [9.17, 15) is 5.73 Å². The molecule has 0 saturated carbocycles. The Hall–Kier alpha value is -1.04. The second-order valence-corrected chi connectivity index (χ2v) is 13.5. The molecule has 1 aromatic carbocycles. The number of fused-ring (bicyclic) bond motifs is 3. The van der Waals surface area contributed by atoms with Crippen LogP contribution in [-0.4, -0.2) is 32.6 Å². The van der Waals surface area contributed by atoms with Gasteiger partial charge in [0.25, 0.3) is 0 Å². The molecule has 1 aromatic rings. The second-order valence-electron chi connectivity index (χ2n) is 5.78. The molecule has 0 amide bonds.